The van der Waals surface area contributed by atoms with Gasteiger partial charge in [-0.25, -0.2) is 0 Å². The van der Waals surface area contributed by atoms with Crippen LogP contribution in [0.3, 0.4) is 0 Å². The molecule has 1 heterocycles. The van der Waals surface area contributed by atoms with Gasteiger partial charge in [-0.1, -0.05) is 30.3 Å². The Labute approximate surface area is 132 Å². The molecule has 1 aromatic carbocycles. The van der Waals surface area contributed by atoms with Crippen LogP contribution >= 0.6 is 12.4 Å². The highest BCUT2D eigenvalue weighted by atomic mass is 35.5. The normalized spacial score (nSPS) is 18.7. The lowest BCUT2D eigenvalue weighted by molar-refractivity contribution is -0.134. The number of halogens is 1. The van der Waals surface area contributed by atoms with Crippen LogP contribution in [-0.4, -0.2) is 41.1 Å². The van der Waals surface area contributed by atoms with E-state index in [-0.39, 0.29) is 24.4 Å². The van der Waals surface area contributed by atoms with Crippen LogP contribution in [-0.2, 0) is 11.2 Å². The summed E-state index contributed by atoms with van der Waals surface area (Å²) in [5.74, 6) is 0.335. The predicted molar refractivity (Wildman–Crippen MR) is 86.4 cm³/mol. The van der Waals surface area contributed by atoms with Crippen molar-refractivity contribution < 1.29 is 9.90 Å². The zero-order valence-electron chi connectivity index (χ0n) is 12.4. The summed E-state index contributed by atoms with van der Waals surface area (Å²) in [5, 5.41) is 9.58. The van der Waals surface area contributed by atoms with Crippen molar-refractivity contribution in [1.82, 2.24) is 4.90 Å². The Morgan fingerprint density at radius 2 is 1.90 bits per heavy atom. The molecule has 3 N–H and O–H groups in total. The second kappa shape index (κ2) is 8.37. The molecule has 1 aliphatic rings. The zero-order chi connectivity index (χ0) is 14.5. The number of hydrogen-bond acceptors (Lipinski definition) is 3. The number of carbonyl (C=O) groups excluding carboxylic acids is 1. The van der Waals surface area contributed by atoms with Gasteiger partial charge in [0.25, 0.3) is 0 Å². The van der Waals surface area contributed by atoms with E-state index in [4.69, 9.17) is 5.73 Å². The zero-order valence-corrected chi connectivity index (χ0v) is 13.3. The van der Waals surface area contributed by atoms with Gasteiger partial charge in [0, 0.05) is 13.1 Å². The minimum atomic E-state index is -0.472. The van der Waals surface area contributed by atoms with Crippen LogP contribution < -0.4 is 5.73 Å². The van der Waals surface area contributed by atoms with E-state index >= 15 is 0 Å². The van der Waals surface area contributed by atoms with E-state index in [2.05, 4.69) is 0 Å². The molecule has 0 aromatic heterocycles. The van der Waals surface area contributed by atoms with Crippen LogP contribution in [0, 0.1) is 5.92 Å². The summed E-state index contributed by atoms with van der Waals surface area (Å²) in [6.45, 7) is 3.23. The van der Waals surface area contributed by atoms with E-state index in [0.29, 0.717) is 25.4 Å². The summed E-state index contributed by atoms with van der Waals surface area (Å²) in [7, 11) is 0. The lowest BCUT2D eigenvalue weighted by atomic mass is 9.91. The number of likely N-dealkylation sites (tertiary alicyclic amines) is 1. The van der Waals surface area contributed by atoms with E-state index in [1.54, 1.807) is 0 Å². The maximum atomic E-state index is 12.3. The molecule has 1 aliphatic heterocycles. The molecule has 1 aromatic rings. The van der Waals surface area contributed by atoms with Gasteiger partial charge in [-0.15, -0.1) is 12.4 Å². The first-order chi connectivity index (χ1) is 9.58. The first-order valence-corrected chi connectivity index (χ1v) is 7.34. The highest BCUT2D eigenvalue weighted by Crippen LogP contribution is 2.21. The molecule has 1 saturated heterocycles. The smallest absolute Gasteiger partial charge is 0.239 e. The second-order valence-electron chi connectivity index (χ2n) is 5.70. The Bertz CT molecular complexity index is 431. The fourth-order valence-corrected chi connectivity index (χ4v) is 2.79. The van der Waals surface area contributed by atoms with Gasteiger partial charge in [0.2, 0.25) is 5.91 Å². The van der Waals surface area contributed by atoms with Crippen LogP contribution in [0.25, 0.3) is 0 Å². The standard InChI is InChI=1S/C16H24N2O2.ClH/c1-12(19)14-7-9-18(10-8-14)16(20)15(17)11-13-5-3-2-4-6-13;/h2-6,12,14-15,19H,7-11,17H2,1H3;1H/t12?,15-;/m0./s1. The fraction of sp³-hybridized carbons (Fsp3) is 0.562. The molecule has 0 saturated carbocycles. The Morgan fingerprint density at radius 3 is 2.43 bits per heavy atom. The number of rotatable bonds is 4. The second-order valence-corrected chi connectivity index (χ2v) is 5.70. The summed E-state index contributed by atoms with van der Waals surface area (Å²) < 4.78 is 0. The molecule has 1 unspecified atom stereocenters. The fourth-order valence-electron chi connectivity index (χ4n) is 2.79. The lowest BCUT2D eigenvalue weighted by Gasteiger charge is -2.34. The summed E-state index contributed by atoms with van der Waals surface area (Å²) in [5.41, 5.74) is 7.12. The highest BCUT2D eigenvalue weighted by molar-refractivity contribution is 5.85. The molecule has 4 nitrogen and oxygen atoms in total. The average molecular weight is 313 g/mol. The molecule has 5 heteroatoms. The van der Waals surface area contributed by atoms with Gasteiger partial charge in [-0.3, -0.25) is 4.79 Å². The molecule has 2 rings (SSSR count). The Hall–Kier alpha value is -1.10. The number of aliphatic hydroxyl groups is 1. The van der Waals surface area contributed by atoms with Gasteiger partial charge in [-0.2, -0.15) is 0 Å². The molecular weight excluding hydrogens is 288 g/mol. The SMILES string of the molecule is CC(O)C1CCN(C(=O)[C@@H](N)Cc2ccccc2)CC1.Cl. The van der Waals surface area contributed by atoms with Gasteiger partial charge in [0.15, 0.2) is 0 Å². The minimum Gasteiger partial charge on any atom is -0.393 e. The van der Waals surface area contributed by atoms with Crippen molar-refractivity contribution in [3.8, 4) is 0 Å². The highest BCUT2D eigenvalue weighted by Gasteiger charge is 2.28. The van der Waals surface area contributed by atoms with E-state index in [9.17, 15) is 9.90 Å². The molecule has 0 bridgehead atoms. The first kappa shape index (κ1) is 18.0. The summed E-state index contributed by atoms with van der Waals surface area (Å²) in [4.78, 5) is 14.2. The number of amides is 1. The molecular formula is C16H25ClN2O2. The summed E-state index contributed by atoms with van der Waals surface area (Å²) in [6.07, 6.45) is 2.02. The minimum absolute atomic E-state index is 0. The lowest BCUT2D eigenvalue weighted by Crippen LogP contribution is -2.48. The average Bonchev–Trinajstić information content (AvgIpc) is 2.47. The van der Waals surface area contributed by atoms with Gasteiger partial charge in [0.1, 0.15) is 0 Å². The Morgan fingerprint density at radius 1 is 1.33 bits per heavy atom. The van der Waals surface area contributed by atoms with Gasteiger partial charge in [0.05, 0.1) is 12.1 Å². The van der Waals surface area contributed by atoms with Crippen molar-refractivity contribution in [2.45, 2.75) is 38.3 Å². The number of nitrogens with two attached hydrogens (primary N) is 1. The number of aliphatic hydroxyl groups excluding tert-OH is 1. The van der Waals surface area contributed by atoms with Crippen molar-refractivity contribution in [2.75, 3.05) is 13.1 Å². The van der Waals surface area contributed by atoms with Gasteiger partial charge < -0.3 is 15.7 Å². The van der Waals surface area contributed by atoms with E-state index < -0.39 is 6.04 Å². The first-order valence-electron chi connectivity index (χ1n) is 7.34. The van der Waals surface area contributed by atoms with E-state index in [1.165, 1.54) is 0 Å². The number of benzene rings is 1. The number of hydrogen-bond donors (Lipinski definition) is 2. The van der Waals surface area contributed by atoms with Crippen molar-refractivity contribution in [3.05, 3.63) is 35.9 Å². The molecule has 118 valence electrons. The molecule has 1 fully saturated rings. The molecule has 0 spiro atoms. The topological polar surface area (TPSA) is 66.6 Å². The van der Waals surface area contributed by atoms with Gasteiger partial charge in [-0.05, 0) is 37.7 Å². The third kappa shape index (κ3) is 4.99. The third-order valence-corrected chi connectivity index (χ3v) is 4.15. The number of carbonyl (C=O) groups is 1. The number of piperidine rings is 1. The maximum absolute atomic E-state index is 12.3. The largest absolute Gasteiger partial charge is 0.393 e. The monoisotopic (exact) mass is 312 g/mol. The summed E-state index contributed by atoms with van der Waals surface area (Å²) in [6, 6.07) is 9.39. The Balaban J connectivity index is 0.00000220. The van der Waals surface area contributed by atoms with E-state index in [0.717, 1.165) is 18.4 Å². The molecule has 0 aliphatic carbocycles. The van der Waals surface area contributed by atoms with Gasteiger partial charge >= 0.3 is 0 Å². The molecule has 2 atom stereocenters. The number of nitrogens with zero attached hydrogens (tertiary/aromatic N) is 1. The molecule has 0 radical (unpaired) electrons. The van der Waals surface area contributed by atoms with Crippen molar-refractivity contribution >= 4 is 18.3 Å². The quantitative estimate of drug-likeness (QED) is 0.887. The molecule has 1 amide bonds. The van der Waals surface area contributed by atoms with Crippen LogP contribution in [0.2, 0.25) is 0 Å². The van der Waals surface area contributed by atoms with Crippen LogP contribution in [0.15, 0.2) is 30.3 Å². The molecule has 21 heavy (non-hydrogen) atoms. The third-order valence-electron chi connectivity index (χ3n) is 4.15. The summed E-state index contributed by atoms with van der Waals surface area (Å²) >= 11 is 0. The Kier molecular flexibility index (Phi) is 7.15. The maximum Gasteiger partial charge on any atom is 0.239 e. The van der Waals surface area contributed by atoms with Crippen LogP contribution in [0.5, 0.6) is 0 Å². The van der Waals surface area contributed by atoms with Crippen LogP contribution in [0.4, 0.5) is 0 Å². The predicted octanol–water partition coefficient (Wildman–Crippen LogP) is 1.60. The van der Waals surface area contributed by atoms with E-state index in [1.807, 2.05) is 42.2 Å². The van der Waals surface area contributed by atoms with Crippen molar-refractivity contribution in [3.63, 3.8) is 0 Å². The van der Waals surface area contributed by atoms with Crippen molar-refractivity contribution in [1.29, 1.82) is 0 Å². The van der Waals surface area contributed by atoms with Crippen LogP contribution in [0.1, 0.15) is 25.3 Å². The van der Waals surface area contributed by atoms with Crippen molar-refractivity contribution in [2.24, 2.45) is 11.7 Å².